The largest absolute Gasteiger partial charge is 0.573 e. The smallest absolute Gasteiger partial charge is 0.406 e. The van der Waals surface area contributed by atoms with Crippen molar-refractivity contribution in [2.24, 2.45) is 0 Å². The Morgan fingerprint density at radius 1 is 1.24 bits per heavy atom. The van der Waals surface area contributed by atoms with Gasteiger partial charge < -0.3 is 10.1 Å². The molecule has 1 aromatic rings. The number of ether oxygens (including phenoxy) is 1. The SMILES string of the molecule is O=S1(=O)CCC(NCc2cccc(OC(F)(F)F)c2)CC1. The summed E-state index contributed by atoms with van der Waals surface area (Å²) in [5.74, 6) is 0.0528. The van der Waals surface area contributed by atoms with Gasteiger partial charge in [0.25, 0.3) is 0 Å². The highest BCUT2D eigenvalue weighted by atomic mass is 32.2. The van der Waals surface area contributed by atoms with Crippen molar-refractivity contribution in [1.82, 2.24) is 5.32 Å². The summed E-state index contributed by atoms with van der Waals surface area (Å²) in [4.78, 5) is 0. The van der Waals surface area contributed by atoms with E-state index >= 15 is 0 Å². The lowest BCUT2D eigenvalue weighted by molar-refractivity contribution is -0.274. The number of rotatable bonds is 4. The second-order valence-electron chi connectivity index (χ2n) is 5.00. The third-order valence-electron chi connectivity index (χ3n) is 3.28. The highest BCUT2D eigenvalue weighted by Crippen LogP contribution is 2.23. The van der Waals surface area contributed by atoms with Crippen LogP contribution in [0.15, 0.2) is 24.3 Å². The standard InChI is InChI=1S/C13H16F3NO3S/c14-13(15,16)20-12-3-1-2-10(8-12)9-17-11-4-6-21(18,19)7-5-11/h1-3,8,11,17H,4-7,9H2. The van der Waals surface area contributed by atoms with Crippen LogP contribution in [0.1, 0.15) is 18.4 Å². The Hall–Kier alpha value is -1.28. The van der Waals surface area contributed by atoms with Gasteiger partial charge in [-0.1, -0.05) is 12.1 Å². The summed E-state index contributed by atoms with van der Waals surface area (Å²) in [5.41, 5.74) is 0.658. The van der Waals surface area contributed by atoms with Crippen LogP contribution >= 0.6 is 0 Å². The van der Waals surface area contributed by atoms with E-state index in [0.717, 1.165) is 0 Å². The average molecular weight is 323 g/mol. The van der Waals surface area contributed by atoms with E-state index in [4.69, 9.17) is 0 Å². The molecule has 2 rings (SSSR count). The van der Waals surface area contributed by atoms with E-state index in [9.17, 15) is 21.6 Å². The molecule has 8 heteroatoms. The fourth-order valence-corrected chi connectivity index (χ4v) is 3.70. The van der Waals surface area contributed by atoms with E-state index in [1.54, 1.807) is 6.07 Å². The summed E-state index contributed by atoms with van der Waals surface area (Å²) in [6, 6.07) is 5.81. The van der Waals surface area contributed by atoms with Gasteiger partial charge in [0.05, 0.1) is 11.5 Å². The first-order valence-corrected chi connectivity index (χ1v) is 8.34. The van der Waals surface area contributed by atoms with Crippen molar-refractivity contribution in [3.05, 3.63) is 29.8 Å². The van der Waals surface area contributed by atoms with Crippen molar-refractivity contribution in [3.63, 3.8) is 0 Å². The molecule has 1 aromatic carbocycles. The first kappa shape index (κ1) is 16.1. The predicted octanol–water partition coefficient (Wildman–Crippen LogP) is 2.25. The molecule has 21 heavy (non-hydrogen) atoms. The highest BCUT2D eigenvalue weighted by molar-refractivity contribution is 7.91. The fraction of sp³-hybridized carbons (Fsp3) is 0.538. The Labute approximate surface area is 121 Å². The van der Waals surface area contributed by atoms with Gasteiger partial charge in [-0.3, -0.25) is 0 Å². The lowest BCUT2D eigenvalue weighted by atomic mass is 10.1. The summed E-state index contributed by atoms with van der Waals surface area (Å²) in [7, 11) is -2.91. The minimum absolute atomic E-state index is 0.0701. The number of nitrogens with one attached hydrogen (secondary N) is 1. The minimum atomic E-state index is -4.70. The second kappa shape index (κ2) is 6.23. The molecule has 118 valence electrons. The molecule has 0 aromatic heterocycles. The number of hydrogen-bond acceptors (Lipinski definition) is 4. The maximum absolute atomic E-state index is 12.1. The van der Waals surface area contributed by atoms with E-state index < -0.39 is 16.2 Å². The zero-order valence-electron chi connectivity index (χ0n) is 11.2. The van der Waals surface area contributed by atoms with Crippen molar-refractivity contribution < 1.29 is 26.3 Å². The Kier molecular flexibility index (Phi) is 4.77. The molecule has 0 spiro atoms. The predicted molar refractivity (Wildman–Crippen MR) is 71.6 cm³/mol. The van der Waals surface area contributed by atoms with Crippen LogP contribution in [0, 0.1) is 0 Å². The Morgan fingerprint density at radius 3 is 2.52 bits per heavy atom. The van der Waals surface area contributed by atoms with Crippen molar-refractivity contribution in [2.75, 3.05) is 11.5 Å². The molecule has 1 N–H and O–H groups in total. The van der Waals surface area contributed by atoms with E-state index in [0.29, 0.717) is 24.9 Å². The van der Waals surface area contributed by atoms with E-state index in [1.807, 2.05) is 0 Å². The molecule has 1 aliphatic rings. The van der Waals surface area contributed by atoms with Gasteiger partial charge in [0, 0.05) is 12.6 Å². The maximum Gasteiger partial charge on any atom is 0.573 e. The van der Waals surface area contributed by atoms with Crippen LogP contribution in [0.3, 0.4) is 0 Å². The van der Waals surface area contributed by atoms with Gasteiger partial charge in [0.1, 0.15) is 15.6 Å². The Morgan fingerprint density at radius 2 is 1.90 bits per heavy atom. The topological polar surface area (TPSA) is 55.4 Å². The lowest BCUT2D eigenvalue weighted by Crippen LogP contribution is -2.37. The summed E-state index contributed by atoms with van der Waals surface area (Å²) in [6.45, 7) is 0.375. The molecular weight excluding hydrogens is 307 g/mol. The van der Waals surface area contributed by atoms with E-state index in [1.165, 1.54) is 18.2 Å². The van der Waals surface area contributed by atoms with Gasteiger partial charge in [-0.2, -0.15) is 0 Å². The zero-order valence-corrected chi connectivity index (χ0v) is 12.0. The van der Waals surface area contributed by atoms with Crippen LogP contribution in [0.4, 0.5) is 13.2 Å². The molecule has 0 atom stereocenters. The summed E-state index contributed by atoms with van der Waals surface area (Å²) < 4.78 is 62.8. The summed E-state index contributed by atoms with van der Waals surface area (Å²) >= 11 is 0. The quantitative estimate of drug-likeness (QED) is 0.923. The first-order valence-electron chi connectivity index (χ1n) is 6.52. The van der Waals surface area contributed by atoms with Crippen LogP contribution < -0.4 is 10.1 Å². The van der Waals surface area contributed by atoms with Crippen LogP contribution in [0.5, 0.6) is 5.75 Å². The Balaban J connectivity index is 1.88. The van der Waals surface area contributed by atoms with E-state index in [2.05, 4.69) is 10.1 Å². The Bertz CT molecular complexity index is 573. The molecule has 1 aliphatic heterocycles. The van der Waals surface area contributed by atoms with Crippen molar-refractivity contribution in [3.8, 4) is 5.75 Å². The fourth-order valence-electron chi connectivity index (χ4n) is 2.21. The van der Waals surface area contributed by atoms with Gasteiger partial charge >= 0.3 is 6.36 Å². The zero-order chi connectivity index (χ0) is 15.5. The molecule has 1 fully saturated rings. The van der Waals surface area contributed by atoms with Gasteiger partial charge in [-0.15, -0.1) is 13.2 Å². The third-order valence-corrected chi connectivity index (χ3v) is 5.00. The van der Waals surface area contributed by atoms with Gasteiger partial charge in [-0.05, 0) is 30.5 Å². The van der Waals surface area contributed by atoms with Crippen LogP contribution in [0.2, 0.25) is 0 Å². The highest BCUT2D eigenvalue weighted by Gasteiger charge is 2.31. The minimum Gasteiger partial charge on any atom is -0.406 e. The summed E-state index contributed by atoms with van der Waals surface area (Å²) in [5, 5.41) is 3.16. The normalized spacial score (nSPS) is 19.4. The number of sulfone groups is 1. The first-order chi connectivity index (χ1) is 9.73. The van der Waals surface area contributed by atoms with Crippen LogP contribution in [-0.2, 0) is 16.4 Å². The molecule has 0 aliphatic carbocycles. The molecule has 0 amide bonds. The average Bonchev–Trinajstić information content (AvgIpc) is 2.36. The maximum atomic E-state index is 12.1. The van der Waals surface area contributed by atoms with Crippen molar-refractivity contribution in [2.45, 2.75) is 31.8 Å². The van der Waals surface area contributed by atoms with Gasteiger partial charge in [0.15, 0.2) is 0 Å². The van der Waals surface area contributed by atoms with Crippen molar-refractivity contribution >= 4 is 9.84 Å². The molecular formula is C13H16F3NO3S. The van der Waals surface area contributed by atoms with Crippen LogP contribution in [-0.4, -0.2) is 32.3 Å². The van der Waals surface area contributed by atoms with Gasteiger partial charge in [0.2, 0.25) is 0 Å². The van der Waals surface area contributed by atoms with E-state index in [-0.39, 0.29) is 23.3 Å². The lowest BCUT2D eigenvalue weighted by Gasteiger charge is -2.23. The molecule has 1 saturated heterocycles. The molecule has 1 heterocycles. The van der Waals surface area contributed by atoms with Crippen LogP contribution in [0.25, 0.3) is 0 Å². The monoisotopic (exact) mass is 323 g/mol. The van der Waals surface area contributed by atoms with Gasteiger partial charge in [-0.25, -0.2) is 8.42 Å². The molecule has 0 radical (unpaired) electrons. The molecule has 0 saturated carbocycles. The summed E-state index contributed by atoms with van der Waals surface area (Å²) in [6.07, 6.45) is -3.65. The number of benzene rings is 1. The second-order valence-corrected chi connectivity index (χ2v) is 7.31. The number of hydrogen-bond donors (Lipinski definition) is 1. The number of alkyl halides is 3. The molecule has 4 nitrogen and oxygen atoms in total. The third kappa shape index (κ3) is 5.55. The number of halogens is 3. The van der Waals surface area contributed by atoms with Crippen molar-refractivity contribution in [1.29, 1.82) is 0 Å². The molecule has 0 bridgehead atoms. The molecule has 0 unspecified atom stereocenters.